The molecule has 33 heavy (non-hydrogen) atoms. The van der Waals surface area contributed by atoms with Crippen LogP contribution in [0.1, 0.15) is 49.3 Å². The number of thiol groups is 1. The third-order valence-corrected chi connectivity index (χ3v) is 6.10. The second-order valence-corrected chi connectivity index (χ2v) is 8.97. The quantitative estimate of drug-likeness (QED) is 0.160. The molecule has 0 aromatic heterocycles. The van der Waals surface area contributed by atoms with Gasteiger partial charge in [0.05, 0.1) is 20.3 Å². The van der Waals surface area contributed by atoms with E-state index in [1.807, 2.05) is 24.3 Å². The molecule has 3 aromatic carbocycles. The molecule has 0 aliphatic rings. The van der Waals surface area contributed by atoms with E-state index in [0.717, 1.165) is 35.5 Å². The van der Waals surface area contributed by atoms with Crippen LogP contribution in [0.5, 0.6) is 5.75 Å². The van der Waals surface area contributed by atoms with Crippen molar-refractivity contribution in [2.45, 2.75) is 43.5 Å². The third kappa shape index (κ3) is 6.86. The van der Waals surface area contributed by atoms with E-state index in [9.17, 15) is 0 Å². The van der Waals surface area contributed by atoms with Gasteiger partial charge in [0.15, 0.2) is 0 Å². The van der Waals surface area contributed by atoms with Gasteiger partial charge in [-0.1, -0.05) is 99.0 Å². The van der Waals surface area contributed by atoms with Crippen molar-refractivity contribution in [3.8, 4) is 5.75 Å². The Kier molecular flexibility index (Phi) is 10.3. The van der Waals surface area contributed by atoms with Crippen LogP contribution in [-0.4, -0.2) is 32.2 Å². The van der Waals surface area contributed by atoms with Gasteiger partial charge < -0.3 is 14.2 Å². The van der Waals surface area contributed by atoms with Crippen molar-refractivity contribution in [1.29, 1.82) is 0 Å². The van der Waals surface area contributed by atoms with Crippen molar-refractivity contribution in [3.63, 3.8) is 0 Å². The molecular weight excluding hydrogens is 428 g/mol. The standard InChI is InChI=1S/C29H36O3S/c1-3-4-5-12-21-31-22-28(33)23-32-29(24-13-8-6-9-14-24,25-15-10-7-11-16-25)26-17-19-27(30-2)20-18-26/h6-11,13-20,28,33H,3-5,12,21-23H2,1-2H3/t28-/m0/s1. The summed E-state index contributed by atoms with van der Waals surface area (Å²) >= 11 is 4.78. The Morgan fingerprint density at radius 2 is 1.30 bits per heavy atom. The molecular formula is C29H36O3S. The maximum atomic E-state index is 6.82. The second-order valence-electron chi connectivity index (χ2n) is 8.24. The second kappa shape index (κ2) is 13.4. The predicted octanol–water partition coefficient (Wildman–Crippen LogP) is 6.90. The highest BCUT2D eigenvalue weighted by Gasteiger charge is 2.38. The number of rotatable bonds is 14. The van der Waals surface area contributed by atoms with E-state index in [0.29, 0.717) is 13.2 Å². The maximum Gasteiger partial charge on any atom is 0.143 e. The maximum absolute atomic E-state index is 6.82. The van der Waals surface area contributed by atoms with E-state index in [-0.39, 0.29) is 5.25 Å². The van der Waals surface area contributed by atoms with Gasteiger partial charge in [0.2, 0.25) is 0 Å². The zero-order chi connectivity index (χ0) is 23.4. The highest BCUT2D eigenvalue weighted by atomic mass is 32.1. The van der Waals surface area contributed by atoms with Gasteiger partial charge in [-0.3, -0.25) is 0 Å². The van der Waals surface area contributed by atoms with E-state index < -0.39 is 5.60 Å². The Labute approximate surface area is 204 Å². The summed E-state index contributed by atoms with van der Waals surface area (Å²) in [6.07, 6.45) is 4.80. The SMILES string of the molecule is CCCCCCOC[C@H](S)COC(c1ccccc1)(c1ccccc1)c1ccc(OC)cc1. The molecule has 3 aromatic rings. The molecule has 1 atom stereocenters. The number of ether oxygens (including phenoxy) is 3. The van der Waals surface area contributed by atoms with E-state index >= 15 is 0 Å². The molecule has 0 amide bonds. The molecule has 3 rings (SSSR count). The number of benzene rings is 3. The first-order valence-electron chi connectivity index (χ1n) is 11.9. The van der Waals surface area contributed by atoms with Crippen molar-refractivity contribution in [1.82, 2.24) is 0 Å². The summed E-state index contributed by atoms with van der Waals surface area (Å²) in [6, 6.07) is 28.9. The predicted molar refractivity (Wildman–Crippen MR) is 139 cm³/mol. The van der Waals surface area contributed by atoms with Gasteiger partial charge in [-0.15, -0.1) is 0 Å². The van der Waals surface area contributed by atoms with Crippen LogP contribution in [0.15, 0.2) is 84.9 Å². The van der Waals surface area contributed by atoms with Gasteiger partial charge in [0, 0.05) is 11.9 Å². The number of hydrogen-bond acceptors (Lipinski definition) is 4. The van der Waals surface area contributed by atoms with Crippen LogP contribution in [0.4, 0.5) is 0 Å². The molecule has 0 saturated heterocycles. The zero-order valence-electron chi connectivity index (χ0n) is 19.8. The lowest BCUT2D eigenvalue weighted by atomic mass is 9.80. The van der Waals surface area contributed by atoms with Gasteiger partial charge >= 0.3 is 0 Å². The minimum Gasteiger partial charge on any atom is -0.497 e. The smallest absolute Gasteiger partial charge is 0.143 e. The van der Waals surface area contributed by atoms with Crippen LogP contribution in [0.2, 0.25) is 0 Å². The van der Waals surface area contributed by atoms with Crippen molar-refractivity contribution in [3.05, 3.63) is 102 Å². The summed E-state index contributed by atoms with van der Waals surface area (Å²) in [4.78, 5) is 0. The fourth-order valence-electron chi connectivity index (χ4n) is 4.04. The summed E-state index contributed by atoms with van der Waals surface area (Å²) in [5.41, 5.74) is 2.42. The first kappa shape index (κ1) is 25.4. The highest BCUT2D eigenvalue weighted by molar-refractivity contribution is 7.81. The Morgan fingerprint density at radius 1 is 0.727 bits per heavy atom. The van der Waals surface area contributed by atoms with E-state index in [1.54, 1.807) is 7.11 Å². The molecule has 0 radical (unpaired) electrons. The Bertz CT molecular complexity index is 873. The van der Waals surface area contributed by atoms with E-state index in [1.165, 1.54) is 19.3 Å². The van der Waals surface area contributed by atoms with Crippen LogP contribution in [-0.2, 0) is 15.1 Å². The summed E-state index contributed by atoms with van der Waals surface area (Å²) in [5, 5.41) is -0.0266. The van der Waals surface area contributed by atoms with Crippen LogP contribution in [0.3, 0.4) is 0 Å². The van der Waals surface area contributed by atoms with Crippen molar-refractivity contribution in [2.24, 2.45) is 0 Å². The van der Waals surface area contributed by atoms with Gasteiger partial charge in [0.1, 0.15) is 11.4 Å². The fraction of sp³-hybridized carbons (Fsp3) is 0.379. The number of hydrogen-bond donors (Lipinski definition) is 1. The minimum absolute atomic E-state index is 0.0266. The monoisotopic (exact) mass is 464 g/mol. The van der Waals surface area contributed by atoms with Crippen LogP contribution in [0, 0.1) is 0 Å². The molecule has 0 heterocycles. The largest absolute Gasteiger partial charge is 0.497 e. The Hall–Kier alpha value is -2.27. The number of methoxy groups -OCH3 is 1. The molecule has 0 unspecified atom stereocenters. The van der Waals surface area contributed by atoms with Gasteiger partial charge in [0.25, 0.3) is 0 Å². The van der Waals surface area contributed by atoms with Gasteiger partial charge in [-0.2, -0.15) is 12.6 Å². The van der Waals surface area contributed by atoms with E-state index in [4.69, 9.17) is 26.8 Å². The molecule has 4 heteroatoms. The fourth-order valence-corrected chi connectivity index (χ4v) is 4.22. The van der Waals surface area contributed by atoms with Crippen molar-refractivity contribution in [2.75, 3.05) is 26.9 Å². The summed E-state index contributed by atoms with van der Waals surface area (Å²) in [6.45, 7) is 4.01. The third-order valence-electron chi connectivity index (χ3n) is 5.80. The number of unbranched alkanes of at least 4 members (excludes halogenated alkanes) is 3. The molecule has 3 nitrogen and oxygen atoms in total. The van der Waals surface area contributed by atoms with Gasteiger partial charge in [-0.25, -0.2) is 0 Å². The molecule has 0 bridgehead atoms. The van der Waals surface area contributed by atoms with Crippen molar-refractivity contribution >= 4 is 12.6 Å². The summed E-state index contributed by atoms with van der Waals surface area (Å²) in [5.74, 6) is 0.817. The van der Waals surface area contributed by atoms with Crippen LogP contribution >= 0.6 is 12.6 Å². The van der Waals surface area contributed by atoms with Crippen LogP contribution < -0.4 is 4.74 Å². The highest BCUT2D eigenvalue weighted by Crippen LogP contribution is 2.41. The first-order valence-corrected chi connectivity index (χ1v) is 12.4. The molecule has 0 spiro atoms. The lowest BCUT2D eigenvalue weighted by molar-refractivity contribution is 0.00269. The minimum atomic E-state index is -0.767. The molecule has 0 saturated carbocycles. The molecule has 0 aliphatic carbocycles. The average Bonchev–Trinajstić information content (AvgIpc) is 2.88. The summed E-state index contributed by atoms with van der Waals surface area (Å²) in [7, 11) is 1.68. The average molecular weight is 465 g/mol. The lowest BCUT2D eigenvalue weighted by Gasteiger charge is -2.36. The summed E-state index contributed by atoms with van der Waals surface area (Å²) < 4.78 is 18.1. The Morgan fingerprint density at radius 3 is 1.85 bits per heavy atom. The van der Waals surface area contributed by atoms with E-state index in [2.05, 4.69) is 67.6 Å². The molecule has 0 aliphatic heterocycles. The van der Waals surface area contributed by atoms with Crippen LogP contribution in [0.25, 0.3) is 0 Å². The first-order chi connectivity index (χ1) is 16.2. The topological polar surface area (TPSA) is 27.7 Å². The lowest BCUT2D eigenvalue weighted by Crippen LogP contribution is -2.35. The Balaban J connectivity index is 1.86. The normalized spacial score (nSPS) is 12.5. The molecule has 0 fully saturated rings. The molecule has 0 N–H and O–H groups in total. The van der Waals surface area contributed by atoms with Crippen molar-refractivity contribution < 1.29 is 14.2 Å². The molecule has 176 valence electrons. The zero-order valence-corrected chi connectivity index (χ0v) is 20.7. The van der Waals surface area contributed by atoms with Gasteiger partial charge in [-0.05, 0) is 35.2 Å².